The van der Waals surface area contributed by atoms with Crippen LogP contribution in [0.3, 0.4) is 0 Å². The highest BCUT2D eigenvalue weighted by atomic mass is 35.5. The monoisotopic (exact) mass is 242 g/mol. The average Bonchev–Trinajstić information content (AvgIpc) is 2.74. The molecule has 2 rings (SSSR count). The fraction of sp³-hybridized carbons (Fsp3) is 0.545. The molecular formula is C11H15ClN2O2. The molecule has 0 saturated carbocycles. The smallest absolute Gasteiger partial charge is 0.352 e. The number of aromatic carboxylic acids is 1. The largest absolute Gasteiger partial charge is 0.477 e. The molecule has 1 fully saturated rings. The molecular weight excluding hydrogens is 228 g/mol. The zero-order valence-corrected chi connectivity index (χ0v) is 9.94. The van der Waals surface area contributed by atoms with E-state index >= 15 is 0 Å². The Balaban J connectivity index is 2.11. The van der Waals surface area contributed by atoms with Crippen LogP contribution in [-0.4, -0.2) is 40.7 Å². The zero-order valence-electron chi connectivity index (χ0n) is 9.19. The summed E-state index contributed by atoms with van der Waals surface area (Å²) in [5.41, 5.74) is 0.277. The van der Waals surface area contributed by atoms with Crippen molar-refractivity contribution in [3.8, 4) is 0 Å². The van der Waals surface area contributed by atoms with Crippen molar-refractivity contribution in [2.75, 3.05) is 20.1 Å². The van der Waals surface area contributed by atoms with Gasteiger partial charge in [0.25, 0.3) is 0 Å². The lowest BCUT2D eigenvalue weighted by Gasteiger charge is -2.12. The number of likely N-dealkylation sites (tertiary alicyclic amines) is 1. The first-order valence-corrected chi connectivity index (χ1v) is 5.71. The summed E-state index contributed by atoms with van der Waals surface area (Å²) in [6, 6.07) is 1.50. The van der Waals surface area contributed by atoms with E-state index in [9.17, 15) is 4.79 Å². The molecule has 2 heterocycles. The molecule has 0 aliphatic carbocycles. The van der Waals surface area contributed by atoms with E-state index in [4.69, 9.17) is 16.7 Å². The summed E-state index contributed by atoms with van der Waals surface area (Å²) in [5.74, 6) is -0.398. The molecule has 1 N–H and O–H groups in total. The topological polar surface area (TPSA) is 45.5 Å². The minimum Gasteiger partial charge on any atom is -0.477 e. The normalized spacial score (nSPS) is 21.5. The maximum atomic E-state index is 11.0. The van der Waals surface area contributed by atoms with Crippen molar-refractivity contribution in [2.24, 2.45) is 5.92 Å². The molecule has 88 valence electrons. The van der Waals surface area contributed by atoms with Crippen LogP contribution in [-0.2, 0) is 6.54 Å². The van der Waals surface area contributed by atoms with Crippen LogP contribution in [0.25, 0.3) is 0 Å². The molecule has 0 aromatic carbocycles. The van der Waals surface area contributed by atoms with Gasteiger partial charge in [-0.05, 0) is 32.0 Å². The second kappa shape index (κ2) is 4.47. The summed E-state index contributed by atoms with van der Waals surface area (Å²) in [7, 11) is 2.08. The van der Waals surface area contributed by atoms with E-state index < -0.39 is 5.97 Å². The van der Waals surface area contributed by atoms with Gasteiger partial charge in [-0.1, -0.05) is 11.6 Å². The van der Waals surface area contributed by atoms with E-state index in [2.05, 4.69) is 11.9 Å². The van der Waals surface area contributed by atoms with Gasteiger partial charge in [0.2, 0.25) is 0 Å². The summed E-state index contributed by atoms with van der Waals surface area (Å²) in [6.45, 7) is 2.84. The second-order valence-corrected chi connectivity index (χ2v) is 4.85. The quantitative estimate of drug-likeness (QED) is 0.879. The molecule has 1 atom stereocenters. The third-order valence-corrected chi connectivity index (χ3v) is 3.23. The number of carboxylic acids is 1. The number of rotatable bonds is 3. The van der Waals surface area contributed by atoms with E-state index in [1.54, 1.807) is 10.8 Å². The molecule has 0 bridgehead atoms. The predicted octanol–water partition coefficient (Wildman–Crippen LogP) is 1.79. The van der Waals surface area contributed by atoms with Gasteiger partial charge in [-0.25, -0.2) is 4.79 Å². The highest BCUT2D eigenvalue weighted by molar-refractivity contribution is 6.30. The Morgan fingerprint density at radius 2 is 2.44 bits per heavy atom. The lowest BCUT2D eigenvalue weighted by molar-refractivity contribution is 0.0684. The zero-order chi connectivity index (χ0) is 11.7. The number of hydrogen-bond donors (Lipinski definition) is 1. The number of halogens is 1. The van der Waals surface area contributed by atoms with E-state index in [0.29, 0.717) is 10.9 Å². The molecule has 0 spiro atoms. The van der Waals surface area contributed by atoms with Crippen LogP contribution < -0.4 is 0 Å². The van der Waals surface area contributed by atoms with Crippen molar-refractivity contribution >= 4 is 17.6 Å². The van der Waals surface area contributed by atoms with Gasteiger partial charge >= 0.3 is 5.97 Å². The summed E-state index contributed by atoms with van der Waals surface area (Å²) >= 11 is 5.83. The lowest BCUT2D eigenvalue weighted by Crippen LogP contribution is -2.18. The molecule has 0 radical (unpaired) electrons. The standard InChI is InChI=1S/C11H15ClN2O2/c1-13-3-2-8(5-13)6-14-7-9(12)4-10(14)11(15)16/h4,7-8H,2-3,5-6H2,1H3,(H,15,16). The Bertz CT molecular complexity index is 403. The molecule has 16 heavy (non-hydrogen) atoms. The van der Waals surface area contributed by atoms with Crippen LogP contribution in [0.1, 0.15) is 16.9 Å². The summed E-state index contributed by atoms with van der Waals surface area (Å²) in [6.07, 6.45) is 2.81. The van der Waals surface area contributed by atoms with Crippen molar-refractivity contribution in [3.63, 3.8) is 0 Å². The first-order valence-electron chi connectivity index (χ1n) is 5.34. The Kier molecular flexibility index (Phi) is 3.21. The van der Waals surface area contributed by atoms with Crippen LogP contribution in [0, 0.1) is 5.92 Å². The fourth-order valence-corrected chi connectivity index (χ4v) is 2.48. The van der Waals surface area contributed by atoms with E-state index in [0.717, 1.165) is 26.1 Å². The number of carbonyl (C=O) groups is 1. The SMILES string of the molecule is CN1CCC(Cn2cc(Cl)cc2C(=O)O)C1. The first-order chi connectivity index (χ1) is 7.56. The van der Waals surface area contributed by atoms with Crippen molar-refractivity contribution < 1.29 is 9.90 Å². The molecule has 1 saturated heterocycles. The number of nitrogens with zero attached hydrogens (tertiary/aromatic N) is 2. The maximum Gasteiger partial charge on any atom is 0.352 e. The highest BCUT2D eigenvalue weighted by Gasteiger charge is 2.21. The summed E-state index contributed by atoms with van der Waals surface area (Å²) in [4.78, 5) is 13.2. The molecule has 5 heteroatoms. The van der Waals surface area contributed by atoms with Crippen molar-refractivity contribution in [2.45, 2.75) is 13.0 Å². The van der Waals surface area contributed by atoms with E-state index in [1.807, 2.05) is 0 Å². The van der Waals surface area contributed by atoms with Gasteiger partial charge in [-0.3, -0.25) is 0 Å². The average molecular weight is 243 g/mol. The predicted molar refractivity (Wildman–Crippen MR) is 62.0 cm³/mol. The molecule has 4 nitrogen and oxygen atoms in total. The number of aromatic nitrogens is 1. The van der Waals surface area contributed by atoms with Gasteiger partial charge in [0.05, 0.1) is 5.02 Å². The first kappa shape index (κ1) is 11.5. The van der Waals surface area contributed by atoms with Gasteiger partial charge in [0, 0.05) is 19.3 Å². The van der Waals surface area contributed by atoms with Gasteiger partial charge in [-0.2, -0.15) is 0 Å². The van der Waals surface area contributed by atoms with Gasteiger partial charge < -0.3 is 14.6 Å². The Morgan fingerprint density at radius 3 is 3.00 bits per heavy atom. The Morgan fingerprint density at radius 1 is 1.69 bits per heavy atom. The van der Waals surface area contributed by atoms with E-state index in [1.165, 1.54) is 6.07 Å². The lowest BCUT2D eigenvalue weighted by atomic mass is 10.1. The van der Waals surface area contributed by atoms with Crippen LogP contribution in [0.2, 0.25) is 5.02 Å². The third kappa shape index (κ3) is 2.39. The minimum atomic E-state index is -0.918. The highest BCUT2D eigenvalue weighted by Crippen LogP contribution is 2.20. The Hall–Kier alpha value is -1.00. The molecule has 1 aromatic heterocycles. The van der Waals surface area contributed by atoms with Crippen LogP contribution in [0.5, 0.6) is 0 Å². The van der Waals surface area contributed by atoms with Gasteiger partial charge in [-0.15, -0.1) is 0 Å². The van der Waals surface area contributed by atoms with Crippen molar-refractivity contribution in [3.05, 3.63) is 23.0 Å². The molecule has 0 amide bonds. The molecule has 1 aliphatic rings. The van der Waals surface area contributed by atoms with Crippen LogP contribution >= 0.6 is 11.6 Å². The van der Waals surface area contributed by atoms with Crippen molar-refractivity contribution in [1.29, 1.82) is 0 Å². The minimum absolute atomic E-state index is 0.277. The number of hydrogen-bond acceptors (Lipinski definition) is 2. The Labute approximate surface area is 99.4 Å². The van der Waals surface area contributed by atoms with Gasteiger partial charge in [0.1, 0.15) is 5.69 Å². The molecule has 1 unspecified atom stereocenters. The third-order valence-electron chi connectivity index (χ3n) is 3.03. The second-order valence-electron chi connectivity index (χ2n) is 4.42. The number of carboxylic acid groups (broad SMARTS) is 1. The molecule has 1 aliphatic heterocycles. The molecule has 1 aromatic rings. The van der Waals surface area contributed by atoms with Crippen LogP contribution in [0.4, 0.5) is 0 Å². The summed E-state index contributed by atoms with van der Waals surface area (Å²) in [5, 5.41) is 9.50. The van der Waals surface area contributed by atoms with Gasteiger partial charge in [0.15, 0.2) is 0 Å². The van der Waals surface area contributed by atoms with E-state index in [-0.39, 0.29) is 5.69 Å². The maximum absolute atomic E-state index is 11.0. The fourth-order valence-electron chi connectivity index (χ4n) is 2.26. The van der Waals surface area contributed by atoms with Crippen molar-refractivity contribution in [1.82, 2.24) is 9.47 Å². The summed E-state index contributed by atoms with van der Waals surface area (Å²) < 4.78 is 1.74. The van der Waals surface area contributed by atoms with Crippen LogP contribution in [0.15, 0.2) is 12.3 Å².